The van der Waals surface area contributed by atoms with Crippen molar-refractivity contribution in [2.75, 3.05) is 18.8 Å². The molecular weight excluding hydrogens is 384 g/mol. The second kappa shape index (κ2) is 7.66. The van der Waals surface area contributed by atoms with E-state index in [4.69, 9.17) is 15.2 Å². The minimum atomic E-state index is -0.514. The monoisotopic (exact) mass is 412 g/mol. The van der Waals surface area contributed by atoms with Gasteiger partial charge in [0.1, 0.15) is 23.1 Å². The Morgan fingerprint density at radius 1 is 1.17 bits per heavy atom. The normalized spacial score (nSPS) is 23.3. The predicted octanol–water partition coefficient (Wildman–Crippen LogP) is 3.46. The van der Waals surface area contributed by atoms with E-state index in [9.17, 15) is 9.90 Å². The molecule has 8 nitrogen and oxygen atoms in total. The summed E-state index contributed by atoms with van der Waals surface area (Å²) < 4.78 is 11.9. The number of nitrogens with zero attached hydrogens (tertiary/aromatic N) is 3. The number of nitrogens with two attached hydrogens (primary N) is 1. The van der Waals surface area contributed by atoms with Crippen molar-refractivity contribution in [1.29, 1.82) is 0 Å². The van der Waals surface area contributed by atoms with Gasteiger partial charge in [0.05, 0.1) is 0 Å². The van der Waals surface area contributed by atoms with E-state index in [2.05, 4.69) is 10.2 Å². The number of nitrogen functional groups attached to an aromatic ring is 1. The number of rotatable bonds is 3. The molecule has 1 aliphatic heterocycles. The Morgan fingerprint density at radius 3 is 2.47 bits per heavy atom. The lowest BCUT2D eigenvalue weighted by Gasteiger charge is -2.38. The summed E-state index contributed by atoms with van der Waals surface area (Å²) in [6.45, 7) is 6.81. The first-order chi connectivity index (χ1) is 14.2. The predicted molar refractivity (Wildman–Crippen MR) is 112 cm³/mol. The average Bonchev–Trinajstić information content (AvgIpc) is 2.90. The number of phenols is 1. The van der Waals surface area contributed by atoms with E-state index in [1.807, 2.05) is 26.8 Å². The van der Waals surface area contributed by atoms with Gasteiger partial charge in [-0.2, -0.15) is 0 Å². The maximum atomic E-state index is 12.5. The summed E-state index contributed by atoms with van der Waals surface area (Å²) in [5.74, 6) is 1.20. The van der Waals surface area contributed by atoms with Crippen LogP contribution in [0.4, 0.5) is 10.6 Å². The van der Waals surface area contributed by atoms with Gasteiger partial charge in [0.25, 0.3) is 0 Å². The molecule has 0 radical (unpaired) electrons. The van der Waals surface area contributed by atoms with Gasteiger partial charge in [0.15, 0.2) is 11.6 Å². The number of anilines is 1. The molecule has 1 aliphatic carbocycles. The zero-order valence-electron chi connectivity index (χ0n) is 17.5. The molecule has 2 heterocycles. The highest BCUT2D eigenvalue weighted by Gasteiger charge is 2.46. The molecule has 2 atom stereocenters. The van der Waals surface area contributed by atoms with E-state index in [0.29, 0.717) is 30.1 Å². The zero-order valence-corrected chi connectivity index (χ0v) is 17.5. The first-order valence-electron chi connectivity index (χ1n) is 10.3. The van der Waals surface area contributed by atoms with Crippen LogP contribution < -0.4 is 10.5 Å². The van der Waals surface area contributed by atoms with Crippen LogP contribution in [0, 0.1) is 11.8 Å². The van der Waals surface area contributed by atoms with Crippen molar-refractivity contribution >= 4 is 11.9 Å². The van der Waals surface area contributed by atoms with Crippen LogP contribution in [0.1, 0.15) is 33.6 Å². The van der Waals surface area contributed by atoms with Gasteiger partial charge in [-0.1, -0.05) is 12.1 Å². The summed E-state index contributed by atoms with van der Waals surface area (Å²) in [5.41, 5.74) is 6.58. The molecule has 2 unspecified atom stereocenters. The molecular formula is C22H28N4O4. The number of aromatic nitrogens is 2. The third-order valence-corrected chi connectivity index (χ3v) is 5.63. The fraction of sp³-hybridized carbons (Fsp3) is 0.500. The van der Waals surface area contributed by atoms with E-state index < -0.39 is 5.60 Å². The van der Waals surface area contributed by atoms with Crippen LogP contribution >= 0.6 is 0 Å². The number of hydrogen-bond donors (Lipinski definition) is 2. The minimum absolute atomic E-state index is 0.0487. The Hall–Kier alpha value is -3.03. The van der Waals surface area contributed by atoms with Crippen molar-refractivity contribution in [1.82, 2.24) is 15.1 Å². The Kier molecular flexibility index (Phi) is 5.17. The van der Waals surface area contributed by atoms with Gasteiger partial charge in [0.2, 0.25) is 0 Å². The van der Waals surface area contributed by atoms with Gasteiger partial charge in [0, 0.05) is 36.6 Å². The third-order valence-electron chi connectivity index (χ3n) is 5.63. The molecule has 2 aromatic rings. The van der Waals surface area contributed by atoms with Crippen molar-refractivity contribution in [3.63, 3.8) is 0 Å². The van der Waals surface area contributed by atoms with E-state index in [-0.39, 0.29) is 35.6 Å². The summed E-state index contributed by atoms with van der Waals surface area (Å²) in [7, 11) is 0. The number of hydrogen-bond acceptors (Lipinski definition) is 7. The quantitative estimate of drug-likeness (QED) is 0.794. The standard InChI is InChI=1S/C22H28N4O4/c1-22(2,3)30-21(28)26-11-13-8-9-14(12-26)19(13)29-18-10-16(24-25-20(18)23)15-6-4-5-7-17(15)27/h4-7,10,13-14,19,27H,8-9,11-12H2,1-3H3,(H2,23,25). The van der Waals surface area contributed by atoms with Crippen molar-refractivity contribution < 1.29 is 19.4 Å². The van der Waals surface area contributed by atoms with Crippen LogP contribution in [-0.4, -0.2) is 51.1 Å². The molecule has 1 aromatic heterocycles. The van der Waals surface area contributed by atoms with Crippen molar-refractivity contribution in [3.8, 4) is 22.8 Å². The molecule has 160 valence electrons. The van der Waals surface area contributed by atoms with Crippen LogP contribution in [0.5, 0.6) is 11.5 Å². The van der Waals surface area contributed by atoms with Crippen LogP contribution in [0.15, 0.2) is 30.3 Å². The molecule has 2 aliphatic rings. The summed E-state index contributed by atoms with van der Waals surface area (Å²) in [5, 5.41) is 18.2. The Bertz CT molecular complexity index is 929. The van der Waals surface area contributed by atoms with Gasteiger partial charge < -0.3 is 25.2 Å². The largest absolute Gasteiger partial charge is 0.507 e. The van der Waals surface area contributed by atoms with E-state index in [1.54, 1.807) is 29.2 Å². The van der Waals surface area contributed by atoms with Gasteiger partial charge in [-0.25, -0.2) is 4.79 Å². The molecule has 1 saturated heterocycles. The highest BCUT2D eigenvalue weighted by molar-refractivity contribution is 5.69. The summed E-state index contributed by atoms with van der Waals surface area (Å²) >= 11 is 0. The van der Waals surface area contributed by atoms with E-state index in [1.165, 1.54) is 0 Å². The number of amides is 1. The Balaban J connectivity index is 1.50. The maximum Gasteiger partial charge on any atom is 0.410 e. The highest BCUT2D eigenvalue weighted by Crippen LogP contribution is 2.41. The summed E-state index contributed by atoms with van der Waals surface area (Å²) in [6.07, 6.45) is 1.65. The van der Waals surface area contributed by atoms with E-state index >= 15 is 0 Å². The first-order valence-corrected chi connectivity index (χ1v) is 10.3. The molecule has 0 spiro atoms. The molecule has 8 heteroatoms. The topological polar surface area (TPSA) is 111 Å². The number of carbonyl (C=O) groups is 1. The minimum Gasteiger partial charge on any atom is -0.507 e. The highest BCUT2D eigenvalue weighted by atomic mass is 16.6. The third kappa shape index (κ3) is 4.13. The Morgan fingerprint density at radius 2 is 1.83 bits per heavy atom. The Labute approximate surface area is 176 Å². The molecule has 4 rings (SSSR count). The molecule has 2 bridgehead atoms. The molecule has 30 heavy (non-hydrogen) atoms. The van der Waals surface area contributed by atoms with E-state index in [0.717, 1.165) is 12.8 Å². The van der Waals surface area contributed by atoms with Crippen LogP contribution in [0.2, 0.25) is 0 Å². The maximum absolute atomic E-state index is 12.5. The van der Waals surface area contributed by atoms with Crippen LogP contribution in [-0.2, 0) is 4.74 Å². The van der Waals surface area contributed by atoms with Gasteiger partial charge in [-0.15, -0.1) is 10.2 Å². The number of likely N-dealkylation sites (tertiary alicyclic amines) is 1. The smallest absolute Gasteiger partial charge is 0.410 e. The van der Waals surface area contributed by atoms with Gasteiger partial charge in [-0.3, -0.25) is 0 Å². The molecule has 1 saturated carbocycles. The fourth-order valence-electron chi connectivity index (χ4n) is 4.29. The number of aromatic hydroxyl groups is 1. The van der Waals surface area contributed by atoms with Crippen LogP contribution in [0.25, 0.3) is 11.3 Å². The second-order valence-electron chi connectivity index (χ2n) is 9.06. The van der Waals surface area contributed by atoms with Gasteiger partial charge >= 0.3 is 6.09 Å². The molecule has 1 amide bonds. The first kappa shape index (κ1) is 20.3. The number of fused-ring (bicyclic) bond motifs is 2. The SMILES string of the molecule is CC(C)(C)OC(=O)N1CC2CCC(C1)C2Oc1cc(-c2ccccc2O)nnc1N. The lowest BCUT2D eigenvalue weighted by Crippen LogP contribution is -2.50. The van der Waals surface area contributed by atoms with Crippen LogP contribution in [0.3, 0.4) is 0 Å². The zero-order chi connectivity index (χ0) is 21.5. The number of piperidine rings is 1. The number of para-hydroxylation sites is 1. The lowest BCUT2D eigenvalue weighted by molar-refractivity contribution is -0.00660. The fourth-order valence-corrected chi connectivity index (χ4v) is 4.29. The molecule has 1 aromatic carbocycles. The van der Waals surface area contributed by atoms with Gasteiger partial charge in [-0.05, 0) is 45.7 Å². The lowest BCUT2D eigenvalue weighted by atomic mass is 9.95. The summed E-state index contributed by atoms with van der Waals surface area (Å²) in [6, 6.07) is 8.65. The molecule has 2 fully saturated rings. The number of carbonyl (C=O) groups excluding carboxylic acids is 1. The second-order valence-corrected chi connectivity index (χ2v) is 9.06. The van der Waals surface area contributed by atoms with Crippen molar-refractivity contribution in [2.45, 2.75) is 45.3 Å². The average molecular weight is 412 g/mol. The summed E-state index contributed by atoms with van der Waals surface area (Å²) in [4.78, 5) is 14.3. The number of benzene rings is 1. The van der Waals surface area contributed by atoms with Crippen molar-refractivity contribution in [2.24, 2.45) is 11.8 Å². The van der Waals surface area contributed by atoms with Crippen molar-refractivity contribution in [3.05, 3.63) is 30.3 Å². The molecule has 3 N–H and O–H groups in total. The number of ether oxygens (including phenoxy) is 2. The number of phenolic OH excluding ortho intramolecular Hbond substituents is 1.